The summed E-state index contributed by atoms with van der Waals surface area (Å²) >= 11 is 0. The van der Waals surface area contributed by atoms with Crippen LogP contribution in [0, 0.1) is 0 Å². The summed E-state index contributed by atoms with van der Waals surface area (Å²) in [6, 6.07) is 16.7. The molecule has 0 saturated heterocycles. The van der Waals surface area contributed by atoms with Crippen LogP contribution in [0.25, 0.3) is 10.9 Å². The molecule has 94 valence electrons. The first-order valence-corrected chi connectivity index (χ1v) is 6.46. The number of benzene rings is 2. The number of aromatic amines is 1. The zero-order valence-electron chi connectivity index (χ0n) is 10.6. The Hall–Kier alpha value is -2.35. The Morgan fingerprint density at radius 3 is 2.53 bits per heavy atom. The lowest BCUT2D eigenvalue weighted by atomic mass is 10.0. The number of aromatic nitrogens is 1. The summed E-state index contributed by atoms with van der Waals surface area (Å²) in [5, 5.41) is 1.01. The van der Waals surface area contributed by atoms with E-state index < -0.39 is 0 Å². The van der Waals surface area contributed by atoms with Crippen LogP contribution in [-0.2, 0) is 12.8 Å². The van der Waals surface area contributed by atoms with E-state index in [1.54, 1.807) is 6.20 Å². The Labute approximate surface area is 112 Å². The average Bonchev–Trinajstić information content (AvgIpc) is 2.88. The van der Waals surface area contributed by atoms with Crippen molar-refractivity contribution < 1.29 is 4.79 Å². The normalized spacial score (nSPS) is 10.7. The number of rotatable bonds is 4. The van der Waals surface area contributed by atoms with E-state index in [2.05, 4.69) is 41.4 Å². The first kappa shape index (κ1) is 11.7. The van der Waals surface area contributed by atoms with Crippen molar-refractivity contribution in [2.45, 2.75) is 12.8 Å². The van der Waals surface area contributed by atoms with E-state index in [0.29, 0.717) is 0 Å². The summed E-state index contributed by atoms with van der Waals surface area (Å²) in [5.74, 6) is 0. The van der Waals surface area contributed by atoms with Gasteiger partial charge < -0.3 is 4.98 Å². The van der Waals surface area contributed by atoms with Gasteiger partial charge in [-0.3, -0.25) is 4.79 Å². The van der Waals surface area contributed by atoms with E-state index in [1.165, 1.54) is 11.1 Å². The third kappa shape index (κ3) is 2.43. The summed E-state index contributed by atoms with van der Waals surface area (Å²) in [4.78, 5) is 14.1. The van der Waals surface area contributed by atoms with Crippen LogP contribution in [-0.4, -0.2) is 11.3 Å². The van der Waals surface area contributed by atoms with Gasteiger partial charge in [0.15, 0.2) is 6.29 Å². The minimum atomic E-state index is 0.733. The van der Waals surface area contributed by atoms with Crippen molar-refractivity contribution in [3.63, 3.8) is 0 Å². The second-order valence-electron chi connectivity index (χ2n) is 4.73. The summed E-state index contributed by atoms with van der Waals surface area (Å²) < 4.78 is 0. The molecule has 0 aliphatic carbocycles. The number of aldehydes is 1. The maximum absolute atomic E-state index is 11.0. The van der Waals surface area contributed by atoms with Crippen molar-refractivity contribution in [3.8, 4) is 0 Å². The number of hydrogen-bond donors (Lipinski definition) is 1. The number of H-pyrrole nitrogens is 1. The molecule has 2 heteroatoms. The number of nitrogens with one attached hydrogen (secondary N) is 1. The van der Waals surface area contributed by atoms with Crippen molar-refractivity contribution in [2.75, 3.05) is 0 Å². The molecule has 2 aromatic carbocycles. The second kappa shape index (κ2) is 5.11. The molecule has 0 aliphatic heterocycles. The van der Waals surface area contributed by atoms with Gasteiger partial charge in [-0.2, -0.15) is 0 Å². The molecule has 0 saturated carbocycles. The van der Waals surface area contributed by atoms with Crippen molar-refractivity contribution in [3.05, 3.63) is 71.4 Å². The summed E-state index contributed by atoms with van der Waals surface area (Å²) in [6.07, 6.45) is 4.68. The Balaban J connectivity index is 1.83. The topological polar surface area (TPSA) is 32.9 Å². The standard InChI is InChI=1S/C17H15NO/c19-12-15-11-18-17-9-8-14(10-16(15)17)7-6-13-4-2-1-3-5-13/h1-5,8-12,18H,6-7H2. The van der Waals surface area contributed by atoms with Gasteiger partial charge in [0.25, 0.3) is 0 Å². The molecule has 1 N–H and O–H groups in total. The molecule has 1 heterocycles. The average molecular weight is 249 g/mol. The van der Waals surface area contributed by atoms with Gasteiger partial charge in [-0.15, -0.1) is 0 Å². The van der Waals surface area contributed by atoms with E-state index in [9.17, 15) is 4.79 Å². The Bertz CT molecular complexity index is 698. The van der Waals surface area contributed by atoms with Crippen LogP contribution in [0.1, 0.15) is 21.5 Å². The number of fused-ring (bicyclic) bond motifs is 1. The molecule has 0 amide bonds. The highest BCUT2D eigenvalue weighted by atomic mass is 16.1. The van der Waals surface area contributed by atoms with Crippen LogP contribution in [0.2, 0.25) is 0 Å². The molecular weight excluding hydrogens is 234 g/mol. The monoisotopic (exact) mass is 249 g/mol. The number of carbonyl (C=O) groups excluding carboxylic acids is 1. The van der Waals surface area contributed by atoms with Crippen LogP contribution >= 0.6 is 0 Å². The number of hydrogen-bond acceptors (Lipinski definition) is 1. The molecule has 19 heavy (non-hydrogen) atoms. The van der Waals surface area contributed by atoms with E-state index in [4.69, 9.17) is 0 Å². The summed E-state index contributed by atoms with van der Waals surface area (Å²) in [5.41, 5.74) is 4.36. The number of aryl methyl sites for hydroxylation is 2. The van der Waals surface area contributed by atoms with Crippen LogP contribution in [0.3, 0.4) is 0 Å². The lowest BCUT2D eigenvalue weighted by Gasteiger charge is -2.03. The van der Waals surface area contributed by atoms with Crippen LogP contribution in [0.4, 0.5) is 0 Å². The Morgan fingerprint density at radius 2 is 1.74 bits per heavy atom. The Morgan fingerprint density at radius 1 is 0.947 bits per heavy atom. The van der Waals surface area contributed by atoms with Gasteiger partial charge in [0, 0.05) is 22.7 Å². The van der Waals surface area contributed by atoms with Crippen LogP contribution < -0.4 is 0 Å². The minimum absolute atomic E-state index is 0.733. The Kier molecular flexibility index (Phi) is 3.15. The fourth-order valence-electron chi connectivity index (χ4n) is 2.38. The lowest BCUT2D eigenvalue weighted by Crippen LogP contribution is -1.91. The predicted molar refractivity (Wildman–Crippen MR) is 77.5 cm³/mol. The molecule has 2 nitrogen and oxygen atoms in total. The van der Waals surface area contributed by atoms with Crippen LogP contribution in [0.15, 0.2) is 54.7 Å². The van der Waals surface area contributed by atoms with Crippen LogP contribution in [0.5, 0.6) is 0 Å². The summed E-state index contributed by atoms with van der Waals surface area (Å²) in [7, 11) is 0. The predicted octanol–water partition coefficient (Wildman–Crippen LogP) is 3.77. The third-order valence-electron chi connectivity index (χ3n) is 3.45. The van der Waals surface area contributed by atoms with Crippen molar-refractivity contribution in [1.29, 1.82) is 0 Å². The number of carbonyl (C=O) groups is 1. The largest absolute Gasteiger partial charge is 0.360 e. The molecule has 0 atom stereocenters. The SMILES string of the molecule is O=Cc1c[nH]c2ccc(CCc3ccccc3)cc12. The smallest absolute Gasteiger partial charge is 0.152 e. The first-order valence-electron chi connectivity index (χ1n) is 6.46. The maximum Gasteiger partial charge on any atom is 0.152 e. The molecule has 1 aromatic heterocycles. The van der Waals surface area contributed by atoms with Gasteiger partial charge in [-0.1, -0.05) is 36.4 Å². The van der Waals surface area contributed by atoms with Gasteiger partial charge in [-0.25, -0.2) is 0 Å². The molecule has 0 bridgehead atoms. The fourth-order valence-corrected chi connectivity index (χ4v) is 2.38. The van der Waals surface area contributed by atoms with E-state index in [1.807, 2.05) is 12.1 Å². The van der Waals surface area contributed by atoms with Gasteiger partial charge >= 0.3 is 0 Å². The third-order valence-corrected chi connectivity index (χ3v) is 3.45. The van der Waals surface area contributed by atoms with Gasteiger partial charge in [0.05, 0.1) is 0 Å². The zero-order chi connectivity index (χ0) is 13.1. The molecule has 0 radical (unpaired) electrons. The quantitative estimate of drug-likeness (QED) is 0.701. The van der Waals surface area contributed by atoms with E-state index >= 15 is 0 Å². The first-order chi connectivity index (χ1) is 9.36. The fraction of sp³-hybridized carbons (Fsp3) is 0.118. The lowest BCUT2D eigenvalue weighted by molar-refractivity contribution is 0.112. The molecule has 0 unspecified atom stereocenters. The van der Waals surface area contributed by atoms with Crippen molar-refractivity contribution in [1.82, 2.24) is 4.98 Å². The van der Waals surface area contributed by atoms with Gasteiger partial charge in [0.1, 0.15) is 0 Å². The van der Waals surface area contributed by atoms with E-state index in [0.717, 1.165) is 35.6 Å². The molecule has 0 fully saturated rings. The molecule has 3 rings (SSSR count). The summed E-state index contributed by atoms with van der Waals surface area (Å²) in [6.45, 7) is 0. The molecular formula is C17H15NO. The second-order valence-corrected chi connectivity index (χ2v) is 4.73. The highest BCUT2D eigenvalue weighted by Gasteiger charge is 2.04. The minimum Gasteiger partial charge on any atom is -0.360 e. The highest BCUT2D eigenvalue weighted by molar-refractivity contribution is 5.97. The van der Waals surface area contributed by atoms with Gasteiger partial charge in [0.2, 0.25) is 0 Å². The van der Waals surface area contributed by atoms with Gasteiger partial charge in [-0.05, 0) is 36.1 Å². The molecule has 0 spiro atoms. The van der Waals surface area contributed by atoms with E-state index in [-0.39, 0.29) is 0 Å². The van der Waals surface area contributed by atoms with Crippen molar-refractivity contribution >= 4 is 17.2 Å². The maximum atomic E-state index is 11.0. The zero-order valence-corrected chi connectivity index (χ0v) is 10.6. The highest BCUT2D eigenvalue weighted by Crippen LogP contribution is 2.19. The van der Waals surface area contributed by atoms with Crippen molar-refractivity contribution in [2.24, 2.45) is 0 Å². The molecule has 0 aliphatic rings. The molecule has 3 aromatic rings.